The maximum absolute atomic E-state index is 11.6. The van der Waals surface area contributed by atoms with Gasteiger partial charge in [0, 0.05) is 11.1 Å². The molecule has 1 aromatic carbocycles. The number of rotatable bonds is 5. The normalized spacial score (nSPS) is 12.9. The van der Waals surface area contributed by atoms with Gasteiger partial charge in [0.15, 0.2) is 5.71 Å². The van der Waals surface area contributed by atoms with Crippen molar-refractivity contribution in [2.45, 2.75) is 12.3 Å². The molecule has 0 radical (unpaired) electrons. The molecule has 0 heterocycles. The minimum Gasteiger partial charge on any atom is -0.496 e. The quantitative estimate of drug-likeness (QED) is 0.276. The molecular weight excluding hydrogens is 373 g/mol. The first-order valence-electron chi connectivity index (χ1n) is 5.52. The van der Waals surface area contributed by atoms with E-state index >= 15 is 0 Å². The van der Waals surface area contributed by atoms with Crippen molar-refractivity contribution in [3.8, 4) is 5.75 Å². The van der Waals surface area contributed by atoms with Crippen LogP contribution in [0.3, 0.4) is 0 Å². The summed E-state index contributed by atoms with van der Waals surface area (Å²) in [7, 11) is 1.49. The lowest BCUT2D eigenvalue weighted by molar-refractivity contribution is -0.135. The van der Waals surface area contributed by atoms with Crippen LogP contribution in [0, 0.1) is 0 Å². The number of ether oxygens (including phenoxy) is 2. The zero-order valence-corrected chi connectivity index (χ0v) is 13.8. The molecule has 0 aliphatic rings. The van der Waals surface area contributed by atoms with Crippen LogP contribution in [0.15, 0.2) is 21.8 Å². The van der Waals surface area contributed by atoms with Gasteiger partial charge >= 0.3 is 5.97 Å². The molecule has 0 amide bonds. The monoisotopic (exact) mass is 383 g/mol. The molecule has 0 fully saturated rings. The number of methoxy groups -OCH3 is 1. The van der Waals surface area contributed by atoms with Gasteiger partial charge in [-0.25, -0.2) is 4.79 Å². The minimum atomic E-state index is -1.05. The number of hydrogen-bond acceptors (Lipinski definition) is 5. The lowest BCUT2D eigenvalue weighted by Gasteiger charge is -2.14. The average molecular weight is 385 g/mol. The average Bonchev–Trinajstić information content (AvgIpc) is 2.41. The summed E-state index contributed by atoms with van der Waals surface area (Å²) < 4.78 is 10.4. The van der Waals surface area contributed by atoms with Crippen molar-refractivity contribution >= 4 is 50.8 Å². The number of carbonyl (C=O) groups excluding carboxylic acids is 1. The number of benzene rings is 1. The van der Waals surface area contributed by atoms with Crippen molar-refractivity contribution < 1.29 is 19.5 Å². The van der Waals surface area contributed by atoms with Gasteiger partial charge in [0.25, 0.3) is 0 Å². The van der Waals surface area contributed by atoms with Gasteiger partial charge in [-0.2, -0.15) is 0 Å². The fourth-order valence-corrected chi connectivity index (χ4v) is 2.60. The summed E-state index contributed by atoms with van der Waals surface area (Å²) in [6, 6.07) is 3.12. The van der Waals surface area contributed by atoms with Crippen LogP contribution < -0.4 is 4.74 Å². The Morgan fingerprint density at radius 2 is 2.20 bits per heavy atom. The molecule has 110 valence electrons. The summed E-state index contributed by atoms with van der Waals surface area (Å²) in [6.45, 7) is 1.77. The molecule has 5 nitrogen and oxygen atoms in total. The van der Waals surface area contributed by atoms with Crippen LogP contribution in [0.1, 0.15) is 17.9 Å². The van der Waals surface area contributed by atoms with Crippen LogP contribution in [0.5, 0.6) is 5.75 Å². The van der Waals surface area contributed by atoms with Crippen LogP contribution in [0.2, 0.25) is 5.02 Å². The summed E-state index contributed by atoms with van der Waals surface area (Å²) in [5.74, 6) is -0.292. The summed E-state index contributed by atoms with van der Waals surface area (Å²) in [4.78, 5) is 11.6. The largest absolute Gasteiger partial charge is 0.496 e. The Morgan fingerprint density at radius 1 is 1.55 bits per heavy atom. The van der Waals surface area contributed by atoms with Crippen LogP contribution in [0.4, 0.5) is 0 Å². The topological polar surface area (TPSA) is 68.1 Å². The third kappa shape index (κ3) is 3.77. The molecule has 1 unspecified atom stereocenters. The fraction of sp³-hybridized carbons (Fsp3) is 0.333. The Labute approximate surface area is 134 Å². The van der Waals surface area contributed by atoms with E-state index in [4.69, 9.17) is 37.9 Å². The van der Waals surface area contributed by atoms with E-state index in [1.165, 1.54) is 13.2 Å². The molecule has 1 rings (SSSR count). The van der Waals surface area contributed by atoms with Crippen molar-refractivity contribution in [1.29, 1.82) is 0 Å². The molecule has 0 saturated heterocycles. The number of carbonyl (C=O) groups is 1. The van der Waals surface area contributed by atoms with Crippen LogP contribution in [0.25, 0.3) is 0 Å². The molecule has 1 N–H and O–H groups in total. The highest BCUT2D eigenvalue weighted by Crippen LogP contribution is 2.37. The second-order valence-corrected chi connectivity index (χ2v) is 5.27. The lowest BCUT2D eigenvalue weighted by atomic mass is 10.1. The van der Waals surface area contributed by atoms with Crippen LogP contribution in [-0.4, -0.2) is 30.6 Å². The molecule has 0 bridgehead atoms. The Kier molecular flexibility index (Phi) is 6.58. The highest BCUT2D eigenvalue weighted by Gasteiger charge is 2.27. The summed E-state index contributed by atoms with van der Waals surface area (Å²) >= 11 is 15.5. The Balaban J connectivity index is 3.17. The third-order valence-electron chi connectivity index (χ3n) is 2.38. The van der Waals surface area contributed by atoms with Gasteiger partial charge < -0.3 is 14.7 Å². The molecular formula is C12H12BrCl2NO4. The highest BCUT2D eigenvalue weighted by molar-refractivity contribution is 9.10. The van der Waals surface area contributed by atoms with E-state index in [1.807, 2.05) is 0 Å². The number of oxime groups is 1. The van der Waals surface area contributed by atoms with Crippen molar-refractivity contribution in [2.75, 3.05) is 13.7 Å². The predicted molar refractivity (Wildman–Crippen MR) is 80.2 cm³/mol. The Bertz CT molecular complexity index is 536. The van der Waals surface area contributed by atoms with E-state index in [1.54, 1.807) is 13.0 Å². The molecule has 20 heavy (non-hydrogen) atoms. The maximum Gasteiger partial charge on any atom is 0.358 e. The van der Waals surface area contributed by atoms with Crippen molar-refractivity contribution in [1.82, 2.24) is 0 Å². The minimum absolute atomic E-state index is 0.140. The van der Waals surface area contributed by atoms with Gasteiger partial charge in [-0.15, -0.1) is 11.6 Å². The standard InChI is InChI=1S/C12H12BrCl2NO4/c1-3-20-12(17)11(16-18)10(15)6-4-7(13)9(19-2)5-8(6)14/h4-5,10,18H,3H2,1-2H3/b16-11-. The van der Waals surface area contributed by atoms with Gasteiger partial charge in [0.1, 0.15) is 11.1 Å². The first-order valence-corrected chi connectivity index (χ1v) is 7.13. The van der Waals surface area contributed by atoms with Gasteiger partial charge in [-0.1, -0.05) is 16.8 Å². The number of halogens is 3. The first kappa shape index (κ1) is 17.1. The van der Waals surface area contributed by atoms with Crippen molar-refractivity contribution in [2.24, 2.45) is 5.16 Å². The zero-order chi connectivity index (χ0) is 15.3. The Hall–Kier alpha value is -0.980. The van der Waals surface area contributed by atoms with E-state index < -0.39 is 11.3 Å². The number of esters is 1. The third-order valence-corrected chi connectivity index (χ3v) is 3.77. The first-order chi connectivity index (χ1) is 9.46. The second kappa shape index (κ2) is 7.71. The van der Waals surface area contributed by atoms with E-state index in [-0.39, 0.29) is 17.3 Å². The van der Waals surface area contributed by atoms with Gasteiger partial charge in [-0.05, 0) is 34.5 Å². The van der Waals surface area contributed by atoms with Gasteiger partial charge in [0.2, 0.25) is 0 Å². The van der Waals surface area contributed by atoms with Gasteiger partial charge in [-0.3, -0.25) is 0 Å². The molecule has 0 aliphatic heterocycles. The predicted octanol–water partition coefficient (Wildman–Crippen LogP) is 3.78. The van der Waals surface area contributed by atoms with Crippen molar-refractivity contribution in [3.63, 3.8) is 0 Å². The summed E-state index contributed by atoms with van der Waals surface area (Å²) in [5.41, 5.74) is 0.0503. The van der Waals surface area contributed by atoms with E-state index in [0.29, 0.717) is 15.8 Å². The molecule has 0 aromatic heterocycles. The highest BCUT2D eigenvalue weighted by atomic mass is 79.9. The number of hydrogen-bond donors (Lipinski definition) is 1. The Morgan fingerprint density at radius 3 is 2.70 bits per heavy atom. The SMILES string of the molecule is CCOC(=O)/C(=N\O)C(Cl)c1cc(Br)c(OC)cc1Cl. The fourth-order valence-electron chi connectivity index (χ4n) is 1.44. The number of nitrogens with zero attached hydrogens (tertiary/aromatic N) is 1. The lowest BCUT2D eigenvalue weighted by Crippen LogP contribution is -2.22. The van der Waals surface area contributed by atoms with Gasteiger partial charge in [0.05, 0.1) is 18.2 Å². The van der Waals surface area contributed by atoms with E-state index in [2.05, 4.69) is 21.1 Å². The summed E-state index contributed by atoms with van der Waals surface area (Å²) in [6.07, 6.45) is 0. The van der Waals surface area contributed by atoms with Crippen molar-refractivity contribution in [3.05, 3.63) is 27.2 Å². The molecule has 0 spiro atoms. The molecule has 1 atom stereocenters. The molecule has 1 aromatic rings. The molecule has 8 heteroatoms. The van der Waals surface area contributed by atoms with Crippen LogP contribution >= 0.6 is 39.1 Å². The second-order valence-electron chi connectivity index (χ2n) is 3.58. The van der Waals surface area contributed by atoms with E-state index in [9.17, 15) is 4.79 Å². The smallest absolute Gasteiger partial charge is 0.358 e. The number of alkyl halides is 1. The van der Waals surface area contributed by atoms with Crippen LogP contribution in [-0.2, 0) is 9.53 Å². The molecule has 0 saturated carbocycles. The maximum atomic E-state index is 11.6. The molecule has 0 aliphatic carbocycles. The summed E-state index contributed by atoms with van der Waals surface area (Å²) in [5, 5.41) is 11.1. The van der Waals surface area contributed by atoms with E-state index in [0.717, 1.165) is 0 Å². The zero-order valence-electron chi connectivity index (χ0n) is 10.7.